The molecule has 1 aliphatic heterocycles. The van der Waals surface area contributed by atoms with Crippen LogP contribution in [0.25, 0.3) is 0 Å². The van der Waals surface area contributed by atoms with Crippen molar-refractivity contribution in [1.29, 1.82) is 0 Å². The van der Waals surface area contributed by atoms with E-state index in [1.807, 2.05) is 12.1 Å². The van der Waals surface area contributed by atoms with Gasteiger partial charge in [0.05, 0.1) is 6.10 Å². The van der Waals surface area contributed by atoms with Crippen LogP contribution in [-0.4, -0.2) is 40.9 Å². The molecule has 2 aromatic rings. The Balaban J connectivity index is 1.35. The van der Waals surface area contributed by atoms with Gasteiger partial charge in [-0.05, 0) is 74.4 Å². The molecule has 1 atom stereocenters. The Morgan fingerprint density at radius 3 is 2.28 bits per heavy atom. The maximum absolute atomic E-state index is 10.3. The third-order valence-corrected chi connectivity index (χ3v) is 5.26. The standard InChI is InChI=1S/C22H29NO2/c24-21-8-6-19(7-9-21)17-22(25)12-15-23-13-10-20(11-14-23)16-18-4-2-1-3-5-18/h1-9,20,22,24-25H,10-17H2/t22-/m0/s1. The number of rotatable bonds is 7. The molecule has 3 rings (SSSR count). The normalized spacial score (nSPS) is 17.5. The highest BCUT2D eigenvalue weighted by Gasteiger charge is 2.20. The number of aliphatic hydroxyl groups excluding tert-OH is 1. The van der Waals surface area contributed by atoms with E-state index >= 15 is 0 Å². The van der Waals surface area contributed by atoms with E-state index in [1.165, 1.54) is 24.8 Å². The molecule has 1 aliphatic rings. The zero-order chi connectivity index (χ0) is 17.5. The van der Waals surface area contributed by atoms with Crippen LogP contribution in [0.3, 0.4) is 0 Å². The van der Waals surface area contributed by atoms with Crippen molar-refractivity contribution in [3.05, 3.63) is 65.7 Å². The SMILES string of the molecule is Oc1ccc(C[C@@H](O)CCN2CCC(Cc3ccccc3)CC2)cc1. The van der Waals surface area contributed by atoms with Crippen molar-refractivity contribution < 1.29 is 10.2 Å². The third kappa shape index (κ3) is 5.87. The smallest absolute Gasteiger partial charge is 0.115 e. The molecule has 0 spiro atoms. The van der Waals surface area contributed by atoms with Crippen LogP contribution in [0.4, 0.5) is 0 Å². The van der Waals surface area contributed by atoms with Gasteiger partial charge >= 0.3 is 0 Å². The fourth-order valence-electron chi connectivity index (χ4n) is 3.70. The van der Waals surface area contributed by atoms with Gasteiger partial charge in [0, 0.05) is 6.54 Å². The molecule has 0 amide bonds. The average molecular weight is 339 g/mol. The van der Waals surface area contributed by atoms with Crippen molar-refractivity contribution >= 4 is 0 Å². The Bertz CT molecular complexity index is 618. The van der Waals surface area contributed by atoms with Crippen molar-refractivity contribution in [2.75, 3.05) is 19.6 Å². The topological polar surface area (TPSA) is 43.7 Å². The van der Waals surface area contributed by atoms with Crippen molar-refractivity contribution in [2.24, 2.45) is 5.92 Å². The summed E-state index contributed by atoms with van der Waals surface area (Å²) in [4.78, 5) is 2.49. The maximum atomic E-state index is 10.3. The number of nitrogens with zero attached hydrogens (tertiary/aromatic N) is 1. The summed E-state index contributed by atoms with van der Waals surface area (Å²) < 4.78 is 0. The largest absolute Gasteiger partial charge is 0.508 e. The van der Waals surface area contributed by atoms with E-state index in [9.17, 15) is 10.2 Å². The summed E-state index contributed by atoms with van der Waals surface area (Å²) in [6, 6.07) is 17.9. The van der Waals surface area contributed by atoms with Gasteiger partial charge in [0.15, 0.2) is 0 Å². The average Bonchev–Trinajstić information content (AvgIpc) is 2.64. The van der Waals surface area contributed by atoms with E-state index in [0.717, 1.165) is 37.5 Å². The molecule has 2 aromatic carbocycles. The van der Waals surface area contributed by atoms with Gasteiger partial charge in [0.25, 0.3) is 0 Å². The van der Waals surface area contributed by atoms with Gasteiger partial charge in [-0.25, -0.2) is 0 Å². The second-order valence-electron chi connectivity index (χ2n) is 7.29. The molecule has 0 saturated carbocycles. The summed E-state index contributed by atoms with van der Waals surface area (Å²) in [6.07, 6.45) is 4.85. The van der Waals surface area contributed by atoms with Crippen LogP contribution >= 0.6 is 0 Å². The van der Waals surface area contributed by atoms with Gasteiger partial charge in [0.1, 0.15) is 5.75 Å². The van der Waals surface area contributed by atoms with Crippen LogP contribution in [0.1, 0.15) is 30.4 Å². The van der Waals surface area contributed by atoms with Crippen molar-refractivity contribution in [3.8, 4) is 5.75 Å². The Labute approximate surface area is 150 Å². The minimum absolute atomic E-state index is 0.275. The number of hydrogen-bond donors (Lipinski definition) is 2. The number of piperidine rings is 1. The van der Waals surface area contributed by atoms with Crippen molar-refractivity contribution in [3.63, 3.8) is 0 Å². The van der Waals surface area contributed by atoms with Crippen LogP contribution in [0.15, 0.2) is 54.6 Å². The van der Waals surface area contributed by atoms with Crippen LogP contribution in [0.5, 0.6) is 5.75 Å². The Morgan fingerprint density at radius 2 is 1.60 bits per heavy atom. The molecule has 3 nitrogen and oxygen atoms in total. The van der Waals surface area contributed by atoms with E-state index in [-0.39, 0.29) is 11.9 Å². The molecule has 2 N–H and O–H groups in total. The molecule has 1 saturated heterocycles. The lowest BCUT2D eigenvalue weighted by Gasteiger charge is -2.32. The van der Waals surface area contributed by atoms with Crippen LogP contribution in [0.2, 0.25) is 0 Å². The quantitative estimate of drug-likeness (QED) is 0.809. The van der Waals surface area contributed by atoms with Crippen molar-refractivity contribution in [2.45, 2.75) is 38.2 Å². The monoisotopic (exact) mass is 339 g/mol. The molecule has 25 heavy (non-hydrogen) atoms. The van der Waals surface area contributed by atoms with E-state index in [0.29, 0.717) is 6.42 Å². The van der Waals surface area contributed by atoms with Crippen LogP contribution in [0, 0.1) is 5.92 Å². The predicted molar refractivity (Wildman–Crippen MR) is 102 cm³/mol. The van der Waals surface area contributed by atoms with E-state index in [1.54, 1.807) is 12.1 Å². The van der Waals surface area contributed by atoms with Gasteiger partial charge < -0.3 is 15.1 Å². The highest BCUT2D eigenvalue weighted by Crippen LogP contribution is 2.22. The molecule has 1 fully saturated rings. The first kappa shape index (κ1) is 18.0. The molecule has 134 valence electrons. The fourth-order valence-corrected chi connectivity index (χ4v) is 3.70. The zero-order valence-electron chi connectivity index (χ0n) is 14.8. The first-order chi connectivity index (χ1) is 12.2. The minimum Gasteiger partial charge on any atom is -0.508 e. The number of likely N-dealkylation sites (tertiary alicyclic amines) is 1. The summed E-state index contributed by atoms with van der Waals surface area (Å²) in [5.41, 5.74) is 2.53. The molecule has 3 heteroatoms. The number of benzene rings is 2. The van der Waals surface area contributed by atoms with Crippen molar-refractivity contribution in [1.82, 2.24) is 4.90 Å². The molecule has 1 heterocycles. The van der Waals surface area contributed by atoms with Gasteiger partial charge in [-0.15, -0.1) is 0 Å². The highest BCUT2D eigenvalue weighted by molar-refractivity contribution is 5.26. The molecular weight excluding hydrogens is 310 g/mol. The summed E-state index contributed by atoms with van der Waals surface area (Å²) in [7, 11) is 0. The lowest BCUT2D eigenvalue weighted by Crippen LogP contribution is -2.36. The maximum Gasteiger partial charge on any atom is 0.115 e. The van der Waals surface area contributed by atoms with E-state index in [4.69, 9.17) is 0 Å². The molecule has 0 unspecified atom stereocenters. The number of phenols is 1. The Hall–Kier alpha value is -1.84. The molecule has 0 aromatic heterocycles. The highest BCUT2D eigenvalue weighted by atomic mass is 16.3. The summed E-state index contributed by atoms with van der Waals surface area (Å²) in [5.74, 6) is 1.07. The number of aromatic hydroxyl groups is 1. The molecule has 0 radical (unpaired) electrons. The zero-order valence-corrected chi connectivity index (χ0v) is 14.8. The number of phenolic OH excluding ortho intramolecular Hbond substituents is 1. The Kier molecular flexibility index (Phi) is 6.48. The second kappa shape index (κ2) is 9.02. The van der Waals surface area contributed by atoms with Gasteiger partial charge in [-0.3, -0.25) is 0 Å². The van der Waals surface area contributed by atoms with Crippen LogP contribution < -0.4 is 0 Å². The first-order valence-corrected chi connectivity index (χ1v) is 9.41. The van der Waals surface area contributed by atoms with Crippen LogP contribution in [-0.2, 0) is 12.8 Å². The summed E-state index contributed by atoms with van der Waals surface area (Å²) in [5, 5.41) is 19.6. The number of hydrogen-bond acceptors (Lipinski definition) is 3. The predicted octanol–water partition coefficient (Wildman–Crippen LogP) is 3.64. The number of aliphatic hydroxyl groups is 1. The van der Waals surface area contributed by atoms with Gasteiger partial charge in [0.2, 0.25) is 0 Å². The summed E-state index contributed by atoms with van der Waals surface area (Å²) in [6.45, 7) is 3.25. The first-order valence-electron chi connectivity index (χ1n) is 9.41. The molecular formula is C22H29NO2. The molecule has 0 aliphatic carbocycles. The Morgan fingerprint density at radius 1 is 0.920 bits per heavy atom. The minimum atomic E-state index is -0.313. The van der Waals surface area contributed by atoms with E-state index < -0.39 is 0 Å². The fraction of sp³-hybridized carbons (Fsp3) is 0.455. The lowest BCUT2D eigenvalue weighted by molar-refractivity contribution is 0.122. The van der Waals surface area contributed by atoms with E-state index in [2.05, 4.69) is 35.2 Å². The molecule has 0 bridgehead atoms. The lowest BCUT2D eigenvalue weighted by atomic mass is 9.90. The second-order valence-corrected chi connectivity index (χ2v) is 7.29. The van der Waals surface area contributed by atoms with Gasteiger partial charge in [-0.1, -0.05) is 42.5 Å². The van der Waals surface area contributed by atoms with Gasteiger partial charge in [-0.2, -0.15) is 0 Å². The third-order valence-electron chi connectivity index (χ3n) is 5.26. The summed E-state index contributed by atoms with van der Waals surface area (Å²) >= 11 is 0.